The third kappa shape index (κ3) is 2.29. The monoisotopic (exact) mass is 228 g/mol. The molecular formula is C11H11F3N2. The van der Waals surface area contributed by atoms with Gasteiger partial charge in [0.1, 0.15) is 0 Å². The van der Waals surface area contributed by atoms with Gasteiger partial charge in [0.2, 0.25) is 0 Å². The van der Waals surface area contributed by atoms with Gasteiger partial charge in [0, 0.05) is 19.3 Å². The summed E-state index contributed by atoms with van der Waals surface area (Å²) < 4.78 is 37.4. The molecule has 5 heteroatoms. The molecule has 2 N–H and O–H groups in total. The predicted molar refractivity (Wildman–Crippen MR) is 55.4 cm³/mol. The number of hydrogen-bond acceptors (Lipinski definition) is 2. The van der Waals surface area contributed by atoms with Crippen LogP contribution in [0.4, 0.5) is 13.2 Å². The van der Waals surface area contributed by atoms with Crippen LogP contribution < -0.4 is 10.6 Å². The lowest BCUT2D eigenvalue weighted by Gasteiger charge is -2.18. The van der Waals surface area contributed by atoms with Crippen molar-refractivity contribution >= 4 is 5.70 Å². The van der Waals surface area contributed by atoms with Gasteiger partial charge in [0.15, 0.2) is 0 Å². The van der Waals surface area contributed by atoms with Crippen LogP contribution in [0.5, 0.6) is 0 Å². The molecule has 1 aromatic rings. The third-order valence-electron chi connectivity index (χ3n) is 2.33. The molecule has 0 unspecified atom stereocenters. The Morgan fingerprint density at radius 2 is 1.94 bits per heavy atom. The molecule has 2 rings (SSSR count). The van der Waals surface area contributed by atoms with E-state index < -0.39 is 11.7 Å². The first-order chi connectivity index (χ1) is 7.57. The topological polar surface area (TPSA) is 24.1 Å². The van der Waals surface area contributed by atoms with Gasteiger partial charge in [0.25, 0.3) is 0 Å². The summed E-state index contributed by atoms with van der Waals surface area (Å²) in [6.45, 7) is 1.49. The van der Waals surface area contributed by atoms with Gasteiger partial charge in [-0.3, -0.25) is 0 Å². The minimum atomic E-state index is -4.29. The van der Waals surface area contributed by atoms with Crippen LogP contribution in [0.3, 0.4) is 0 Å². The Kier molecular flexibility index (Phi) is 2.77. The minimum Gasteiger partial charge on any atom is -0.387 e. The van der Waals surface area contributed by atoms with Crippen molar-refractivity contribution in [3.63, 3.8) is 0 Å². The van der Waals surface area contributed by atoms with Crippen LogP contribution in [-0.2, 0) is 6.18 Å². The summed E-state index contributed by atoms with van der Waals surface area (Å²) in [5, 5.41) is 6.03. The van der Waals surface area contributed by atoms with Crippen molar-refractivity contribution in [3.05, 3.63) is 41.6 Å². The molecule has 0 atom stereocenters. The molecule has 0 aromatic heterocycles. The molecule has 2 nitrogen and oxygen atoms in total. The van der Waals surface area contributed by atoms with E-state index in [-0.39, 0.29) is 0 Å². The number of alkyl halides is 3. The lowest BCUT2D eigenvalue weighted by Crippen LogP contribution is -2.30. The van der Waals surface area contributed by atoms with Crippen LogP contribution in [0.25, 0.3) is 5.70 Å². The van der Waals surface area contributed by atoms with Gasteiger partial charge in [-0.25, -0.2) is 0 Å². The predicted octanol–water partition coefficient (Wildman–Crippen LogP) is 2.20. The summed E-state index contributed by atoms with van der Waals surface area (Å²) in [5.41, 5.74) is 0.609. The lowest BCUT2D eigenvalue weighted by molar-refractivity contribution is -0.137. The van der Waals surface area contributed by atoms with E-state index in [0.29, 0.717) is 17.8 Å². The maximum Gasteiger partial charge on any atom is 0.416 e. The maximum absolute atomic E-state index is 12.5. The molecular weight excluding hydrogens is 217 g/mol. The first-order valence-electron chi connectivity index (χ1n) is 4.92. The van der Waals surface area contributed by atoms with Crippen LogP contribution in [-0.4, -0.2) is 13.1 Å². The van der Waals surface area contributed by atoms with E-state index in [1.807, 2.05) is 0 Å². The quantitative estimate of drug-likeness (QED) is 0.770. The largest absolute Gasteiger partial charge is 0.416 e. The van der Waals surface area contributed by atoms with Gasteiger partial charge in [0.05, 0.1) is 11.3 Å². The van der Waals surface area contributed by atoms with Crippen LogP contribution in [0.15, 0.2) is 30.5 Å². The van der Waals surface area contributed by atoms with Gasteiger partial charge >= 0.3 is 6.18 Å². The number of hydrogen-bond donors (Lipinski definition) is 2. The van der Waals surface area contributed by atoms with E-state index >= 15 is 0 Å². The van der Waals surface area contributed by atoms with Crippen molar-refractivity contribution < 1.29 is 13.2 Å². The standard InChI is InChI=1S/C11H11F3N2/c12-11(13,14)9-3-1-2-8(6-9)10-7-15-4-5-16-10/h1-3,6-7,15-16H,4-5H2. The summed E-state index contributed by atoms with van der Waals surface area (Å²) in [6.07, 6.45) is -2.60. The van der Waals surface area contributed by atoms with E-state index in [9.17, 15) is 13.2 Å². The lowest BCUT2D eigenvalue weighted by atomic mass is 10.1. The average Bonchev–Trinajstić information content (AvgIpc) is 2.29. The van der Waals surface area contributed by atoms with Gasteiger partial charge in [-0.15, -0.1) is 0 Å². The van der Waals surface area contributed by atoms with Crippen LogP contribution in [0, 0.1) is 0 Å². The van der Waals surface area contributed by atoms with E-state index in [1.54, 1.807) is 12.3 Å². The second kappa shape index (κ2) is 4.08. The second-order valence-corrected chi connectivity index (χ2v) is 3.52. The molecule has 86 valence electrons. The summed E-state index contributed by atoms with van der Waals surface area (Å²) >= 11 is 0. The zero-order valence-electron chi connectivity index (χ0n) is 8.43. The minimum absolute atomic E-state index is 0.544. The van der Waals surface area contributed by atoms with Crippen molar-refractivity contribution in [2.75, 3.05) is 13.1 Å². The van der Waals surface area contributed by atoms with E-state index in [1.165, 1.54) is 6.07 Å². The van der Waals surface area contributed by atoms with Gasteiger partial charge in [-0.05, 0) is 17.7 Å². The number of nitrogens with one attached hydrogen (secondary N) is 2. The van der Waals surface area contributed by atoms with E-state index in [2.05, 4.69) is 10.6 Å². The molecule has 0 amide bonds. The Bertz CT molecular complexity index is 410. The fourth-order valence-electron chi connectivity index (χ4n) is 1.54. The SMILES string of the molecule is FC(F)(F)c1cccc(C2=CNCCN2)c1. The summed E-state index contributed by atoms with van der Waals surface area (Å²) in [6, 6.07) is 5.28. The molecule has 0 fully saturated rings. The third-order valence-corrected chi connectivity index (χ3v) is 2.33. The molecule has 0 saturated heterocycles. The first-order valence-corrected chi connectivity index (χ1v) is 4.92. The fourth-order valence-corrected chi connectivity index (χ4v) is 1.54. The summed E-state index contributed by atoms with van der Waals surface area (Å²) in [5.74, 6) is 0. The molecule has 1 aliphatic heterocycles. The van der Waals surface area contributed by atoms with Crippen LogP contribution >= 0.6 is 0 Å². The zero-order chi connectivity index (χ0) is 11.6. The maximum atomic E-state index is 12.5. The van der Waals surface area contributed by atoms with Crippen molar-refractivity contribution in [2.24, 2.45) is 0 Å². The first kappa shape index (κ1) is 10.9. The summed E-state index contributed by atoms with van der Waals surface area (Å²) in [7, 11) is 0. The fraction of sp³-hybridized carbons (Fsp3) is 0.273. The van der Waals surface area contributed by atoms with E-state index in [0.717, 1.165) is 18.7 Å². The van der Waals surface area contributed by atoms with Gasteiger partial charge in [-0.2, -0.15) is 13.2 Å². The second-order valence-electron chi connectivity index (χ2n) is 3.52. The Hall–Kier alpha value is -1.65. The van der Waals surface area contributed by atoms with Gasteiger partial charge < -0.3 is 10.6 Å². The molecule has 0 aliphatic carbocycles. The number of halogens is 3. The zero-order valence-corrected chi connectivity index (χ0v) is 8.43. The molecule has 0 saturated carbocycles. The van der Waals surface area contributed by atoms with Crippen molar-refractivity contribution in [1.82, 2.24) is 10.6 Å². The molecule has 1 aliphatic rings. The normalized spacial score (nSPS) is 16.1. The van der Waals surface area contributed by atoms with Crippen LogP contribution in [0.1, 0.15) is 11.1 Å². The Labute approximate surface area is 91.2 Å². The van der Waals surface area contributed by atoms with Crippen molar-refractivity contribution in [2.45, 2.75) is 6.18 Å². The summed E-state index contributed by atoms with van der Waals surface area (Å²) in [4.78, 5) is 0. The highest BCUT2D eigenvalue weighted by Gasteiger charge is 2.30. The molecule has 0 bridgehead atoms. The Balaban J connectivity index is 2.32. The van der Waals surface area contributed by atoms with E-state index in [4.69, 9.17) is 0 Å². The molecule has 1 heterocycles. The number of benzene rings is 1. The highest BCUT2D eigenvalue weighted by molar-refractivity contribution is 5.64. The van der Waals surface area contributed by atoms with Crippen molar-refractivity contribution in [1.29, 1.82) is 0 Å². The molecule has 1 aromatic carbocycles. The highest BCUT2D eigenvalue weighted by Crippen LogP contribution is 2.30. The number of rotatable bonds is 1. The average molecular weight is 228 g/mol. The Morgan fingerprint density at radius 1 is 1.12 bits per heavy atom. The van der Waals surface area contributed by atoms with Crippen molar-refractivity contribution in [3.8, 4) is 0 Å². The van der Waals surface area contributed by atoms with Gasteiger partial charge in [-0.1, -0.05) is 12.1 Å². The smallest absolute Gasteiger partial charge is 0.387 e. The van der Waals surface area contributed by atoms with Crippen LogP contribution in [0.2, 0.25) is 0 Å². The highest BCUT2D eigenvalue weighted by atomic mass is 19.4. The molecule has 0 radical (unpaired) electrons. The Morgan fingerprint density at radius 3 is 2.56 bits per heavy atom. The molecule has 0 spiro atoms. The molecule has 16 heavy (non-hydrogen) atoms.